The van der Waals surface area contributed by atoms with Crippen LogP contribution in [0.4, 0.5) is 4.39 Å². The Morgan fingerprint density at radius 3 is 2.70 bits per heavy atom. The predicted molar refractivity (Wildman–Crippen MR) is 87.0 cm³/mol. The number of ether oxygens (including phenoxy) is 2. The van der Waals surface area contributed by atoms with Gasteiger partial charge in [-0.1, -0.05) is 23.7 Å². The Morgan fingerprint density at radius 1 is 1.26 bits per heavy atom. The lowest BCUT2D eigenvalue weighted by Gasteiger charge is -2.12. The molecule has 6 heteroatoms. The van der Waals surface area contributed by atoms with Gasteiger partial charge >= 0.3 is 0 Å². The fourth-order valence-electron chi connectivity index (χ4n) is 1.88. The number of carbonyl (C=O) groups is 1. The van der Waals surface area contributed by atoms with Crippen molar-refractivity contribution in [3.05, 3.63) is 64.4 Å². The van der Waals surface area contributed by atoms with E-state index in [0.717, 1.165) is 5.56 Å². The average Bonchev–Trinajstić information content (AvgIpc) is 2.52. The SMILES string of the molecule is COc1ccc(/C=C/C(N)=O)cc1OCc1ccc(F)cc1Cl. The molecule has 0 spiro atoms. The van der Waals surface area contributed by atoms with Crippen molar-refractivity contribution < 1.29 is 18.7 Å². The number of rotatable bonds is 6. The van der Waals surface area contributed by atoms with E-state index in [0.29, 0.717) is 17.1 Å². The minimum atomic E-state index is -0.540. The summed E-state index contributed by atoms with van der Waals surface area (Å²) in [4.78, 5) is 10.8. The average molecular weight is 336 g/mol. The lowest BCUT2D eigenvalue weighted by atomic mass is 10.2. The summed E-state index contributed by atoms with van der Waals surface area (Å²) in [6.45, 7) is 0.151. The van der Waals surface area contributed by atoms with E-state index in [1.165, 1.54) is 25.3 Å². The zero-order valence-electron chi connectivity index (χ0n) is 12.4. The number of methoxy groups -OCH3 is 1. The molecule has 1 amide bonds. The molecule has 2 aromatic carbocycles. The number of halogens is 2. The first-order chi connectivity index (χ1) is 11.0. The normalized spacial score (nSPS) is 10.7. The molecule has 2 rings (SSSR count). The van der Waals surface area contributed by atoms with Crippen LogP contribution in [0.3, 0.4) is 0 Å². The molecule has 0 heterocycles. The van der Waals surface area contributed by atoms with Gasteiger partial charge in [0.2, 0.25) is 5.91 Å². The number of hydrogen-bond donors (Lipinski definition) is 1. The Kier molecular flexibility index (Phi) is 5.60. The molecule has 0 radical (unpaired) electrons. The number of hydrogen-bond acceptors (Lipinski definition) is 3. The van der Waals surface area contributed by atoms with Crippen molar-refractivity contribution in [1.29, 1.82) is 0 Å². The van der Waals surface area contributed by atoms with Crippen LogP contribution in [0.5, 0.6) is 11.5 Å². The molecule has 0 fully saturated rings. The Balaban J connectivity index is 2.20. The van der Waals surface area contributed by atoms with Gasteiger partial charge in [0.05, 0.1) is 12.1 Å². The largest absolute Gasteiger partial charge is 0.493 e. The Morgan fingerprint density at radius 2 is 2.04 bits per heavy atom. The third-order valence-electron chi connectivity index (χ3n) is 3.03. The highest BCUT2D eigenvalue weighted by Crippen LogP contribution is 2.30. The molecule has 2 N–H and O–H groups in total. The van der Waals surface area contributed by atoms with Crippen LogP contribution in [0, 0.1) is 5.82 Å². The summed E-state index contributed by atoms with van der Waals surface area (Å²) in [5.41, 5.74) is 6.44. The number of primary amides is 1. The highest BCUT2D eigenvalue weighted by molar-refractivity contribution is 6.31. The summed E-state index contributed by atoms with van der Waals surface area (Å²) in [6, 6.07) is 9.27. The van der Waals surface area contributed by atoms with E-state index >= 15 is 0 Å². The van der Waals surface area contributed by atoms with E-state index in [9.17, 15) is 9.18 Å². The first-order valence-corrected chi connectivity index (χ1v) is 7.09. The van der Waals surface area contributed by atoms with Crippen molar-refractivity contribution in [3.63, 3.8) is 0 Å². The lowest BCUT2D eigenvalue weighted by molar-refractivity contribution is -0.113. The molecule has 0 aliphatic rings. The van der Waals surface area contributed by atoms with Crippen molar-refractivity contribution in [3.8, 4) is 11.5 Å². The summed E-state index contributed by atoms with van der Waals surface area (Å²) in [7, 11) is 1.52. The minimum absolute atomic E-state index is 0.151. The number of nitrogens with two attached hydrogens (primary N) is 1. The van der Waals surface area contributed by atoms with Gasteiger partial charge in [0.15, 0.2) is 11.5 Å². The summed E-state index contributed by atoms with van der Waals surface area (Å²) >= 11 is 5.97. The Labute approximate surface area is 138 Å². The Bertz CT molecular complexity index is 747. The molecule has 2 aromatic rings. The van der Waals surface area contributed by atoms with E-state index in [1.54, 1.807) is 30.3 Å². The van der Waals surface area contributed by atoms with Crippen molar-refractivity contribution >= 4 is 23.6 Å². The van der Waals surface area contributed by atoms with Gasteiger partial charge < -0.3 is 15.2 Å². The molecule has 0 saturated carbocycles. The highest BCUT2D eigenvalue weighted by atomic mass is 35.5. The molecule has 0 atom stereocenters. The fraction of sp³-hybridized carbons (Fsp3) is 0.118. The zero-order chi connectivity index (χ0) is 16.8. The summed E-state index contributed by atoms with van der Waals surface area (Å²) in [5, 5.41) is 0.286. The van der Waals surface area contributed by atoms with Crippen LogP contribution in [0.2, 0.25) is 5.02 Å². The van der Waals surface area contributed by atoms with Crippen LogP contribution in [-0.2, 0) is 11.4 Å². The van der Waals surface area contributed by atoms with Gasteiger partial charge in [-0.2, -0.15) is 0 Å². The summed E-state index contributed by atoms with van der Waals surface area (Å²) in [6.07, 6.45) is 2.82. The predicted octanol–water partition coefficient (Wildman–Crippen LogP) is 3.57. The van der Waals surface area contributed by atoms with Gasteiger partial charge in [0, 0.05) is 11.6 Å². The van der Waals surface area contributed by atoms with Crippen LogP contribution in [0.15, 0.2) is 42.5 Å². The van der Waals surface area contributed by atoms with Gasteiger partial charge in [0.25, 0.3) is 0 Å². The van der Waals surface area contributed by atoms with Crippen molar-refractivity contribution in [2.45, 2.75) is 6.61 Å². The molecule has 0 aromatic heterocycles. The molecule has 23 heavy (non-hydrogen) atoms. The fourth-order valence-corrected chi connectivity index (χ4v) is 2.10. The second kappa shape index (κ2) is 7.65. The van der Waals surface area contributed by atoms with Gasteiger partial charge in [-0.05, 0) is 35.9 Å². The number of amides is 1. The lowest BCUT2D eigenvalue weighted by Crippen LogP contribution is -2.05. The maximum atomic E-state index is 13.0. The smallest absolute Gasteiger partial charge is 0.241 e. The molecule has 0 aliphatic heterocycles. The molecular formula is C17H15ClFNO3. The molecule has 0 unspecified atom stereocenters. The number of carbonyl (C=O) groups excluding carboxylic acids is 1. The van der Waals surface area contributed by atoms with E-state index in [-0.39, 0.29) is 11.6 Å². The van der Waals surface area contributed by atoms with Crippen molar-refractivity contribution in [2.75, 3.05) is 7.11 Å². The van der Waals surface area contributed by atoms with E-state index in [2.05, 4.69) is 0 Å². The first kappa shape index (κ1) is 16.8. The van der Waals surface area contributed by atoms with Crippen LogP contribution in [-0.4, -0.2) is 13.0 Å². The van der Waals surface area contributed by atoms with E-state index in [4.69, 9.17) is 26.8 Å². The molecular weight excluding hydrogens is 321 g/mol. The van der Waals surface area contributed by atoms with Crippen molar-refractivity contribution in [1.82, 2.24) is 0 Å². The third kappa shape index (κ3) is 4.72. The van der Waals surface area contributed by atoms with Crippen LogP contribution < -0.4 is 15.2 Å². The van der Waals surface area contributed by atoms with Gasteiger partial charge in [-0.25, -0.2) is 4.39 Å². The number of benzene rings is 2. The van der Waals surface area contributed by atoms with Crippen LogP contribution in [0.25, 0.3) is 6.08 Å². The second-order valence-corrected chi connectivity index (χ2v) is 5.08. The highest BCUT2D eigenvalue weighted by Gasteiger charge is 2.08. The van der Waals surface area contributed by atoms with Crippen molar-refractivity contribution in [2.24, 2.45) is 5.73 Å². The molecule has 0 bridgehead atoms. The topological polar surface area (TPSA) is 61.5 Å². The third-order valence-corrected chi connectivity index (χ3v) is 3.38. The van der Waals surface area contributed by atoms with Gasteiger partial charge in [-0.3, -0.25) is 4.79 Å². The first-order valence-electron chi connectivity index (χ1n) is 6.72. The Hall–Kier alpha value is -2.53. The maximum absolute atomic E-state index is 13.0. The standard InChI is InChI=1S/C17H15ClFNO3/c1-22-15-6-2-11(3-7-17(20)21)8-16(15)23-10-12-4-5-13(19)9-14(12)18/h2-9H,10H2,1H3,(H2,20,21)/b7-3+. The second-order valence-electron chi connectivity index (χ2n) is 4.67. The van der Waals surface area contributed by atoms with Crippen LogP contribution in [0.1, 0.15) is 11.1 Å². The maximum Gasteiger partial charge on any atom is 0.241 e. The minimum Gasteiger partial charge on any atom is -0.493 e. The quantitative estimate of drug-likeness (QED) is 0.821. The zero-order valence-corrected chi connectivity index (χ0v) is 13.1. The monoisotopic (exact) mass is 335 g/mol. The van der Waals surface area contributed by atoms with Gasteiger partial charge in [-0.15, -0.1) is 0 Å². The molecule has 4 nitrogen and oxygen atoms in total. The van der Waals surface area contributed by atoms with E-state index in [1.807, 2.05) is 0 Å². The van der Waals surface area contributed by atoms with Gasteiger partial charge in [0.1, 0.15) is 12.4 Å². The molecule has 0 aliphatic carbocycles. The van der Waals surface area contributed by atoms with Crippen LogP contribution >= 0.6 is 11.6 Å². The summed E-state index contributed by atoms with van der Waals surface area (Å²) < 4.78 is 24.0. The van der Waals surface area contributed by atoms with E-state index < -0.39 is 11.7 Å². The molecule has 120 valence electrons. The summed E-state index contributed by atoms with van der Waals surface area (Å²) in [5.74, 6) is 0.0512. The molecule has 0 saturated heterocycles.